The van der Waals surface area contributed by atoms with E-state index in [0.29, 0.717) is 18.9 Å². The first-order chi connectivity index (χ1) is 8.66. The molecule has 1 saturated carbocycles. The predicted octanol–water partition coefficient (Wildman–Crippen LogP) is 2.82. The third-order valence-corrected chi connectivity index (χ3v) is 4.64. The summed E-state index contributed by atoms with van der Waals surface area (Å²) in [6.45, 7) is 2.56. The molecule has 1 aliphatic rings. The van der Waals surface area contributed by atoms with Crippen molar-refractivity contribution in [3.63, 3.8) is 0 Å². The van der Waals surface area contributed by atoms with Crippen molar-refractivity contribution in [1.29, 1.82) is 0 Å². The van der Waals surface area contributed by atoms with Crippen LogP contribution >= 0.6 is 36.2 Å². The number of halogens is 2. The molecular formula is C13H23Cl2N3OS. The summed E-state index contributed by atoms with van der Waals surface area (Å²) in [6, 6.07) is 0.203. The SMILES string of the molecule is Cc1ncsc1CNC(=O)CC1CCCCC1N.Cl.Cl. The molecule has 1 aromatic rings. The molecule has 7 heteroatoms. The average Bonchev–Trinajstić information content (AvgIpc) is 2.75. The Kier molecular flexibility index (Phi) is 9.38. The lowest BCUT2D eigenvalue weighted by atomic mass is 9.83. The summed E-state index contributed by atoms with van der Waals surface area (Å²) in [5, 5.41) is 2.97. The van der Waals surface area contributed by atoms with Gasteiger partial charge in [0.1, 0.15) is 0 Å². The summed E-state index contributed by atoms with van der Waals surface area (Å²) in [5.41, 5.74) is 8.88. The molecule has 0 aromatic carbocycles. The minimum atomic E-state index is 0. The second-order valence-electron chi connectivity index (χ2n) is 5.05. The van der Waals surface area contributed by atoms with Gasteiger partial charge in [-0.05, 0) is 25.7 Å². The van der Waals surface area contributed by atoms with E-state index in [1.165, 1.54) is 12.8 Å². The Hall–Kier alpha value is -0.360. The van der Waals surface area contributed by atoms with Crippen LogP contribution < -0.4 is 11.1 Å². The van der Waals surface area contributed by atoms with Gasteiger partial charge in [-0.3, -0.25) is 4.79 Å². The molecule has 0 spiro atoms. The summed E-state index contributed by atoms with van der Waals surface area (Å²) >= 11 is 1.59. The summed E-state index contributed by atoms with van der Waals surface area (Å²) in [6.07, 6.45) is 5.14. The average molecular weight is 340 g/mol. The molecule has 0 radical (unpaired) electrons. The van der Waals surface area contributed by atoms with E-state index in [2.05, 4.69) is 10.3 Å². The molecule has 0 bridgehead atoms. The van der Waals surface area contributed by atoms with Crippen LogP contribution in [0.4, 0.5) is 0 Å². The highest BCUT2D eigenvalue weighted by atomic mass is 35.5. The highest BCUT2D eigenvalue weighted by Crippen LogP contribution is 2.25. The van der Waals surface area contributed by atoms with Crippen molar-refractivity contribution in [3.8, 4) is 0 Å². The van der Waals surface area contributed by atoms with Gasteiger partial charge in [0.25, 0.3) is 0 Å². The first-order valence-electron chi connectivity index (χ1n) is 6.58. The Bertz CT molecular complexity index is 414. The van der Waals surface area contributed by atoms with Crippen LogP contribution in [0.15, 0.2) is 5.51 Å². The van der Waals surface area contributed by atoms with E-state index in [0.717, 1.165) is 23.4 Å². The number of nitrogens with zero attached hydrogens (tertiary/aromatic N) is 1. The van der Waals surface area contributed by atoms with E-state index in [9.17, 15) is 4.79 Å². The van der Waals surface area contributed by atoms with Crippen molar-refractivity contribution in [2.75, 3.05) is 0 Å². The van der Waals surface area contributed by atoms with Crippen LogP contribution in [-0.4, -0.2) is 16.9 Å². The zero-order chi connectivity index (χ0) is 13.0. The maximum atomic E-state index is 11.9. The van der Waals surface area contributed by atoms with Crippen LogP contribution in [0.5, 0.6) is 0 Å². The molecule has 20 heavy (non-hydrogen) atoms. The Labute approximate surface area is 136 Å². The molecule has 116 valence electrons. The highest BCUT2D eigenvalue weighted by Gasteiger charge is 2.24. The number of hydrogen-bond acceptors (Lipinski definition) is 4. The zero-order valence-corrected chi connectivity index (χ0v) is 14.1. The van der Waals surface area contributed by atoms with E-state index in [1.807, 2.05) is 12.4 Å². The molecule has 1 fully saturated rings. The van der Waals surface area contributed by atoms with Crippen LogP contribution in [-0.2, 0) is 11.3 Å². The van der Waals surface area contributed by atoms with Crippen molar-refractivity contribution in [2.45, 2.75) is 51.6 Å². The number of carbonyl (C=O) groups is 1. The summed E-state index contributed by atoms with van der Waals surface area (Å²) in [5.74, 6) is 0.478. The van der Waals surface area contributed by atoms with Crippen LogP contribution in [0, 0.1) is 12.8 Å². The maximum absolute atomic E-state index is 11.9. The number of nitrogens with two attached hydrogens (primary N) is 1. The zero-order valence-electron chi connectivity index (χ0n) is 11.6. The van der Waals surface area contributed by atoms with E-state index >= 15 is 0 Å². The van der Waals surface area contributed by atoms with Gasteiger partial charge in [-0.15, -0.1) is 36.2 Å². The lowest BCUT2D eigenvalue weighted by Gasteiger charge is -2.27. The first-order valence-corrected chi connectivity index (χ1v) is 7.46. The van der Waals surface area contributed by atoms with E-state index in [-0.39, 0.29) is 36.8 Å². The quantitative estimate of drug-likeness (QED) is 0.886. The van der Waals surface area contributed by atoms with Crippen molar-refractivity contribution < 1.29 is 4.79 Å². The van der Waals surface area contributed by atoms with Gasteiger partial charge >= 0.3 is 0 Å². The summed E-state index contributed by atoms with van der Waals surface area (Å²) in [4.78, 5) is 17.2. The fourth-order valence-corrected chi connectivity index (χ4v) is 3.19. The van der Waals surface area contributed by atoms with Gasteiger partial charge in [0.2, 0.25) is 5.91 Å². The Morgan fingerprint density at radius 2 is 2.15 bits per heavy atom. The third kappa shape index (κ3) is 5.56. The number of thiazole rings is 1. The Morgan fingerprint density at radius 1 is 1.45 bits per heavy atom. The smallest absolute Gasteiger partial charge is 0.220 e. The number of carbonyl (C=O) groups excluding carboxylic acids is 1. The Morgan fingerprint density at radius 3 is 2.75 bits per heavy atom. The largest absolute Gasteiger partial charge is 0.351 e. The monoisotopic (exact) mass is 339 g/mol. The second-order valence-corrected chi connectivity index (χ2v) is 5.99. The molecule has 2 rings (SSSR count). The minimum Gasteiger partial charge on any atom is -0.351 e. The minimum absolute atomic E-state index is 0. The van der Waals surface area contributed by atoms with Crippen LogP contribution in [0.1, 0.15) is 42.7 Å². The molecular weight excluding hydrogens is 317 g/mol. The lowest BCUT2D eigenvalue weighted by Crippen LogP contribution is -2.36. The van der Waals surface area contributed by atoms with Gasteiger partial charge in [-0.1, -0.05) is 12.8 Å². The fraction of sp³-hybridized carbons (Fsp3) is 0.692. The van der Waals surface area contributed by atoms with Gasteiger partial charge in [-0.2, -0.15) is 0 Å². The van der Waals surface area contributed by atoms with Crippen molar-refractivity contribution in [3.05, 3.63) is 16.1 Å². The number of nitrogens with one attached hydrogen (secondary N) is 1. The summed E-state index contributed by atoms with van der Waals surface area (Å²) < 4.78 is 0. The van der Waals surface area contributed by atoms with Crippen LogP contribution in [0.25, 0.3) is 0 Å². The molecule has 0 saturated heterocycles. The number of amides is 1. The number of aromatic nitrogens is 1. The molecule has 2 atom stereocenters. The van der Waals surface area contributed by atoms with Gasteiger partial charge in [0.15, 0.2) is 0 Å². The van der Waals surface area contributed by atoms with Gasteiger partial charge in [-0.25, -0.2) is 4.98 Å². The molecule has 0 aliphatic heterocycles. The molecule has 1 heterocycles. The molecule has 1 amide bonds. The molecule has 1 aliphatic carbocycles. The normalized spacial score (nSPS) is 21.5. The van der Waals surface area contributed by atoms with Crippen molar-refractivity contribution in [1.82, 2.24) is 10.3 Å². The predicted molar refractivity (Wildman–Crippen MR) is 87.7 cm³/mol. The van der Waals surface area contributed by atoms with Crippen molar-refractivity contribution in [2.24, 2.45) is 11.7 Å². The molecule has 2 unspecified atom stereocenters. The maximum Gasteiger partial charge on any atom is 0.220 e. The second kappa shape index (κ2) is 9.55. The molecule has 1 aromatic heterocycles. The highest BCUT2D eigenvalue weighted by molar-refractivity contribution is 7.09. The Balaban J connectivity index is 0.00000180. The van der Waals surface area contributed by atoms with E-state index in [1.54, 1.807) is 11.3 Å². The molecule has 4 nitrogen and oxygen atoms in total. The number of rotatable bonds is 4. The number of aryl methyl sites for hydroxylation is 1. The van der Waals surface area contributed by atoms with Crippen molar-refractivity contribution >= 4 is 42.1 Å². The lowest BCUT2D eigenvalue weighted by molar-refractivity contribution is -0.122. The fourth-order valence-electron chi connectivity index (χ4n) is 2.47. The topological polar surface area (TPSA) is 68.0 Å². The summed E-state index contributed by atoms with van der Waals surface area (Å²) in [7, 11) is 0. The third-order valence-electron chi connectivity index (χ3n) is 3.71. The first kappa shape index (κ1) is 19.6. The number of hydrogen-bond donors (Lipinski definition) is 2. The van der Waals surface area contributed by atoms with Gasteiger partial charge in [0, 0.05) is 17.3 Å². The van der Waals surface area contributed by atoms with E-state index in [4.69, 9.17) is 5.73 Å². The standard InChI is InChI=1S/C13H21N3OS.2ClH/c1-9-12(18-8-16-9)7-15-13(17)6-10-4-2-3-5-11(10)14;;/h8,10-11H,2-7,14H2,1H3,(H,15,17);2*1H. The van der Waals surface area contributed by atoms with Gasteiger partial charge < -0.3 is 11.1 Å². The molecule has 3 N–H and O–H groups in total. The van der Waals surface area contributed by atoms with Crippen LogP contribution in [0.3, 0.4) is 0 Å². The van der Waals surface area contributed by atoms with Gasteiger partial charge in [0.05, 0.1) is 17.7 Å². The van der Waals surface area contributed by atoms with Crippen LogP contribution in [0.2, 0.25) is 0 Å². The van der Waals surface area contributed by atoms with E-state index < -0.39 is 0 Å².